The number of hydrogen-bond donors (Lipinski definition) is 4. The Labute approximate surface area is 166 Å². The van der Waals surface area contributed by atoms with Crippen molar-refractivity contribution in [3.05, 3.63) is 54.0 Å². The lowest BCUT2D eigenvalue weighted by Crippen LogP contribution is -2.44. The molecule has 0 aliphatic carbocycles. The molecular formula is C21H30N4O3. The van der Waals surface area contributed by atoms with Crippen molar-refractivity contribution in [3.63, 3.8) is 0 Å². The minimum absolute atomic E-state index is 0.0236. The van der Waals surface area contributed by atoms with Crippen LogP contribution < -0.4 is 16.0 Å². The number of amides is 1. The summed E-state index contributed by atoms with van der Waals surface area (Å²) < 4.78 is 5.29. The van der Waals surface area contributed by atoms with Gasteiger partial charge in [0.15, 0.2) is 5.96 Å². The molecule has 0 fully saturated rings. The lowest BCUT2D eigenvalue weighted by atomic mass is 10.0. The van der Waals surface area contributed by atoms with Crippen molar-refractivity contribution in [3.8, 4) is 0 Å². The van der Waals surface area contributed by atoms with Crippen LogP contribution in [0.15, 0.2) is 52.1 Å². The van der Waals surface area contributed by atoms with Gasteiger partial charge < -0.3 is 25.5 Å². The van der Waals surface area contributed by atoms with Gasteiger partial charge in [0, 0.05) is 18.7 Å². The molecule has 0 aliphatic heterocycles. The fraction of sp³-hybridized carbons (Fsp3) is 0.429. The van der Waals surface area contributed by atoms with Crippen LogP contribution in [0.1, 0.15) is 44.9 Å². The standard InChI is InChI=1S/C21H30N4O3/c1-4-7-19(26)25-17-11-9-16(10-12-17)14-23-20(22-5-2)24-15-21(3,27)18-8-6-13-28-18/h6,8-13,27H,4-5,7,14-15H2,1-3H3,(H,25,26)(H2,22,23,24). The second-order valence-electron chi connectivity index (χ2n) is 6.79. The Morgan fingerprint density at radius 1 is 1.18 bits per heavy atom. The van der Waals surface area contributed by atoms with Gasteiger partial charge >= 0.3 is 0 Å². The zero-order valence-electron chi connectivity index (χ0n) is 16.8. The van der Waals surface area contributed by atoms with Crippen LogP contribution in [0.2, 0.25) is 0 Å². The Bertz CT molecular complexity index is 752. The summed E-state index contributed by atoms with van der Waals surface area (Å²) in [6.07, 6.45) is 2.88. The molecule has 0 saturated carbocycles. The van der Waals surface area contributed by atoms with E-state index in [4.69, 9.17) is 4.42 Å². The highest BCUT2D eigenvalue weighted by Crippen LogP contribution is 2.19. The molecule has 0 bridgehead atoms. The summed E-state index contributed by atoms with van der Waals surface area (Å²) in [4.78, 5) is 16.2. The van der Waals surface area contributed by atoms with Crippen molar-refractivity contribution in [1.82, 2.24) is 10.6 Å². The van der Waals surface area contributed by atoms with Gasteiger partial charge in [-0.2, -0.15) is 0 Å². The summed E-state index contributed by atoms with van der Waals surface area (Å²) in [6, 6.07) is 11.1. The molecule has 28 heavy (non-hydrogen) atoms. The number of aliphatic hydroxyl groups is 1. The number of nitrogens with zero attached hydrogens (tertiary/aromatic N) is 1. The average molecular weight is 386 g/mol. The number of hydrogen-bond acceptors (Lipinski definition) is 4. The van der Waals surface area contributed by atoms with E-state index in [1.165, 1.54) is 6.26 Å². The maximum atomic E-state index is 11.6. The Balaban J connectivity index is 1.93. The quantitative estimate of drug-likeness (QED) is 0.392. The van der Waals surface area contributed by atoms with E-state index in [0.29, 0.717) is 31.2 Å². The van der Waals surface area contributed by atoms with Crippen LogP contribution >= 0.6 is 0 Å². The molecule has 7 heteroatoms. The Hall–Kier alpha value is -2.80. The van der Waals surface area contributed by atoms with Crippen molar-refractivity contribution in [2.45, 2.75) is 45.8 Å². The minimum atomic E-state index is -1.14. The Morgan fingerprint density at radius 2 is 1.93 bits per heavy atom. The van der Waals surface area contributed by atoms with Gasteiger partial charge in [-0.3, -0.25) is 4.79 Å². The monoisotopic (exact) mass is 386 g/mol. The first-order valence-corrected chi connectivity index (χ1v) is 9.62. The van der Waals surface area contributed by atoms with Crippen LogP contribution in [0, 0.1) is 0 Å². The van der Waals surface area contributed by atoms with E-state index >= 15 is 0 Å². The highest BCUT2D eigenvalue weighted by molar-refractivity contribution is 5.90. The van der Waals surface area contributed by atoms with E-state index in [2.05, 4.69) is 20.9 Å². The Morgan fingerprint density at radius 3 is 2.54 bits per heavy atom. The fourth-order valence-corrected chi connectivity index (χ4v) is 2.58. The van der Waals surface area contributed by atoms with Crippen molar-refractivity contribution >= 4 is 17.6 Å². The maximum absolute atomic E-state index is 11.6. The minimum Gasteiger partial charge on any atom is -0.466 e. The molecule has 1 heterocycles. The maximum Gasteiger partial charge on any atom is 0.224 e. The van der Waals surface area contributed by atoms with E-state index in [9.17, 15) is 9.90 Å². The van der Waals surface area contributed by atoms with Crippen LogP contribution in [0.5, 0.6) is 0 Å². The molecule has 152 valence electrons. The fourth-order valence-electron chi connectivity index (χ4n) is 2.58. The normalized spacial score (nSPS) is 13.6. The highest BCUT2D eigenvalue weighted by Gasteiger charge is 2.26. The first-order chi connectivity index (χ1) is 13.4. The molecule has 0 saturated heterocycles. The van der Waals surface area contributed by atoms with Crippen molar-refractivity contribution in [1.29, 1.82) is 0 Å². The topological polar surface area (TPSA) is 98.9 Å². The van der Waals surface area contributed by atoms with E-state index < -0.39 is 5.60 Å². The smallest absolute Gasteiger partial charge is 0.224 e. The molecule has 1 unspecified atom stereocenters. The second-order valence-corrected chi connectivity index (χ2v) is 6.79. The van der Waals surface area contributed by atoms with E-state index in [1.807, 2.05) is 38.1 Å². The first kappa shape index (κ1) is 21.5. The summed E-state index contributed by atoms with van der Waals surface area (Å²) in [5.41, 5.74) is 0.659. The predicted molar refractivity (Wildman–Crippen MR) is 111 cm³/mol. The molecule has 2 aromatic rings. The Kier molecular flexibility index (Phi) is 8.07. The molecule has 0 radical (unpaired) electrons. The molecule has 0 spiro atoms. The number of benzene rings is 1. The molecule has 1 aromatic carbocycles. The summed E-state index contributed by atoms with van der Waals surface area (Å²) in [6.45, 7) is 7.08. The van der Waals surface area contributed by atoms with Gasteiger partial charge in [-0.1, -0.05) is 19.1 Å². The summed E-state index contributed by atoms with van der Waals surface area (Å²) >= 11 is 0. The van der Waals surface area contributed by atoms with Gasteiger partial charge in [0.1, 0.15) is 11.4 Å². The number of rotatable bonds is 9. The van der Waals surface area contributed by atoms with E-state index in [0.717, 1.165) is 17.7 Å². The average Bonchev–Trinajstić information content (AvgIpc) is 3.21. The lowest BCUT2D eigenvalue weighted by molar-refractivity contribution is -0.116. The third-order valence-electron chi connectivity index (χ3n) is 4.13. The number of carbonyl (C=O) groups is 1. The largest absolute Gasteiger partial charge is 0.466 e. The summed E-state index contributed by atoms with van der Waals surface area (Å²) in [5.74, 6) is 1.13. The number of furan rings is 1. The number of guanidine groups is 1. The van der Waals surface area contributed by atoms with Gasteiger partial charge in [0.25, 0.3) is 0 Å². The second kappa shape index (κ2) is 10.5. The number of carbonyl (C=O) groups excluding carboxylic acids is 1. The molecular weight excluding hydrogens is 356 g/mol. The van der Waals surface area contributed by atoms with Crippen molar-refractivity contribution in [2.75, 3.05) is 18.4 Å². The van der Waals surface area contributed by atoms with Gasteiger partial charge in [0.05, 0.1) is 19.4 Å². The van der Waals surface area contributed by atoms with Crippen LogP contribution in [0.25, 0.3) is 0 Å². The van der Waals surface area contributed by atoms with Crippen LogP contribution in [0.3, 0.4) is 0 Å². The number of anilines is 1. The molecule has 1 amide bonds. The van der Waals surface area contributed by atoms with Gasteiger partial charge in [-0.05, 0) is 50.1 Å². The molecule has 1 atom stereocenters. The molecule has 2 rings (SSSR count). The molecule has 7 nitrogen and oxygen atoms in total. The van der Waals surface area contributed by atoms with Crippen molar-refractivity contribution in [2.24, 2.45) is 4.99 Å². The van der Waals surface area contributed by atoms with Crippen LogP contribution in [-0.2, 0) is 16.9 Å². The third-order valence-corrected chi connectivity index (χ3v) is 4.13. The summed E-state index contributed by atoms with van der Waals surface area (Å²) in [5, 5.41) is 19.7. The summed E-state index contributed by atoms with van der Waals surface area (Å²) in [7, 11) is 0. The number of nitrogens with one attached hydrogen (secondary N) is 3. The van der Waals surface area contributed by atoms with Gasteiger partial charge in [-0.15, -0.1) is 0 Å². The molecule has 0 aliphatic rings. The third kappa shape index (κ3) is 6.74. The van der Waals surface area contributed by atoms with Gasteiger partial charge in [-0.25, -0.2) is 4.99 Å². The van der Waals surface area contributed by atoms with Crippen molar-refractivity contribution < 1.29 is 14.3 Å². The molecule has 4 N–H and O–H groups in total. The van der Waals surface area contributed by atoms with Gasteiger partial charge in [0.2, 0.25) is 5.91 Å². The van der Waals surface area contributed by atoms with E-state index in [-0.39, 0.29) is 12.5 Å². The zero-order chi connectivity index (χ0) is 20.4. The highest BCUT2D eigenvalue weighted by atomic mass is 16.4. The first-order valence-electron chi connectivity index (χ1n) is 9.62. The SMILES string of the molecule is CCCC(=O)Nc1ccc(CN=C(NCC)NCC(C)(O)c2ccco2)cc1. The number of aliphatic imine (C=N–C) groups is 1. The zero-order valence-corrected chi connectivity index (χ0v) is 16.8. The van der Waals surface area contributed by atoms with Crippen LogP contribution in [-0.4, -0.2) is 30.1 Å². The van der Waals surface area contributed by atoms with E-state index in [1.54, 1.807) is 19.1 Å². The predicted octanol–water partition coefficient (Wildman–Crippen LogP) is 2.98. The lowest BCUT2D eigenvalue weighted by Gasteiger charge is -2.22. The molecule has 1 aromatic heterocycles. The van der Waals surface area contributed by atoms with Crippen LogP contribution in [0.4, 0.5) is 5.69 Å².